The molecule has 1 saturated carbocycles. The van der Waals surface area contributed by atoms with E-state index in [1.54, 1.807) is 0 Å². The Hall–Kier alpha value is -0.470. The van der Waals surface area contributed by atoms with Gasteiger partial charge < -0.3 is 5.32 Å². The zero-order valence-electron chi connectivity index (χ0n) is 10.9. The number of nitrogens with one attached hydrogen (secondary N) is 1. The summed E-state index contributed by atoms with van der Waals surface area (Å²) in [5.74, 6) is 2.16. The van der Waals surface area contributed by atoms with Gasteiger partial charge in [-0.15, -0.1) is 11.8 Å². The third-order valence-corrected chi connectivity index (χ3v) is 4.80. The van der Waals surface area contributed by atoms with E-state index < -0.39 is 0 Å². The summed E-state index contributed by atoms with van der Waals surface area (Å²) in [6, 6.07) is 9.60. The summed E-state index contributed by atoms with van der Waals surface area (Å²) in [6.07, 6.45) is 5.55. The average Bonchev–Trinajstić information content (AvgIpc) is 2.77. The van der Waals surface area contributed by atoms with Crippen molar-refractivity contribution in [1.29, 1.82) is 0 Å². The second-order valence-electron chi connectivity index (χ2n) is 5.04. The van der Waals surface area contributed by atoms with Gasteiger partial charge in [0, 0.05) is 10.9 Å². The molecule has 2 rings (SSSR count). The van der Waals surface area contributed by atoms with Crippen LogP contribution in [0.25, 0.3) is 0 Å². The molecule has 94 valence electrons. The molecule has 2 heteroatoms. The normalized spacial score (nSPS) is 24.1. The van der Waals surface area contributed by atoms with Gasteiger partial charge in [0.05, 0.1) is 0 Å². The Bertz CT molecular complexity index is 351. The summed E-state index contributed by atoms with van der Waals surface area (Å²) in [6.45, 7) is 2.16. The molecule has 2 atom stereocenters. The monoisotopic (exact) mass is 249 g/mol. The number of thioether (sulfide) groups is 1. The van der Waals surface area contributed by atoms with Crippen molar-refractivity contribution < 1.29 is 0 Å². The van der Waals surface area contributed by atoms with Crippen LogP contribution in [0.4, 0.5) is 0 Å². The molecule has 0 saturated heterocycles. The van der Waals surface area contributed by atoms with Crippen molar-refractivity contribution in [1.82, 2.24) is 5.32 Å². The zero-order valence-corrected chi connectivity index (χ0v) is 11.7. The molecule has 1 aromatic rings. The standard InChI is InChI=1S/C15H23NS/c1-12-5-3-7-14(11-12)17-10-9-13-6-4-8-15(13)16-2/h3,5,7,11,13,15-16H,4,6,8-10H2,1-2H3. The Kier molecular flexibility index (Phi) is 4.93. The van der Waals surface area contributed by atoms with Crippen LogP contribution in [-0.4, -0.2) is 18.8 Å². The van der Waals surface area contributed by atoms with Crippen LogP contribution >= 0.6 is 11.8 Å². The molecule has 0 spiro atoms. The summed E-state index contributed by atoms with van der Waals surface area (Å²) < 4.78 is 0. The lowest BCUT2D eigenvalue weighted by atomic mass is 10.0. The van der Waals surface area contributed by atoms with Crippen LogP contribution in [0.3, 0.4) is 0 Å². The Balaban J connectivity index is 1.76. The molecule has 17 heavy (non-hydrogen) atoms. The van der Waals surface area contributed by atoms with Gasteiger partial charge in [-0.2, -0.15) is 0 Å². The summed E-state index contributed by atoms with van der Waals surface area (Å²) >= 11 is 2.01. The van der Waals surface area contributed by atoms with E-state index in [2.05, 4.69) is 43.6 Å². The fourth-order valence-corrected chi connectivity index (χ4v) is 3.90. The largest absolute Gasteiger partial charge is 0.317 e. The third kappa shape index (κ3) is 3.75. The summed E-state index contributed by atoms with van der Waals surface area (Å²) in [5.41, 5.74) is 1.36. The maximum absolute atomic E-state index is 3.46. The van der Waals surface area contributed by atoms with Crippen molar-refractivity contribution in [3.05, 3.63) is 29.8 Å². The molecule has 0 radical (unpaired) electrons. The SMILES string of the molecule is CNC1CCCC1CCSc1cccc(C)c1. The summed E-state index contributed by atoms with van der Waals surface area (Å²) in [7, 11) is 2.11. The van der Waals surface area contributed by atoms with Gasteiger partial charge in [-0.25, -0.2) is 0 Å². The van der Waals surface area contributed by atoms with Crippen LogP contribution in [0.15, 0.2) is 29.2 Å². The van der Waals surface area contributed by atoms with Crippen molar-refractivity contribution in [3.63, 3.8) is 0 Å². The Morgan fingerprint density at radius 3 is 3.00 bits per heavy atom. The van der Waals surface area contributed by atoms with Crippen LogP contribution in [-0.2, 0) is 0 Å². The van der Waals surface area contributed by atoms with Gasteiger partial charge in [-0.05, 0) is 57.0 Å². The molecular weight excluding hydrogens is 226 g/mol. The van der Waals surface area contributed by atoms with E-state index in [1.807, 2.05) is 11.8 Å². The molecule has 1 nitrogen and oxygen atoms in total. The van der Waals surface area contributed by atoms with Crippen LogP contribution < -0.4 is 5.32 Å². The highest BCUT2D eigenvalue weighted by Crippen LogP contribution is 2.30. The van der Waals surface area contributed by atoms with E-state index in [-0.39, 0.29) is 0 Å². The highest BCUT2D eigenvalue weighted by Gasteiger charge is 2.24. The minimum absolute atomic E-state index is 0.771. The van der Waals surface area contributed by atoms with E-state index in [1.165, 1.54) is 41.9 Å². The Morgan fingerprint density at radius 2 is 2.24 bits per heavy atom. The first-order valence-corrected chi connectivity index (χ1v) is 7.65. The first-order chi connectivity index (χ1) is 8.29. The minimum atomic E-state index is 0.771. The van der Waals surface area contributed by atoms with E-state index >= 15 is 0 Å². The molecule has 0 amide bonds. The molecule has 0 aromatic heterocycles. The van der Waals surface area contributed by atoms with Gasteiger partial charge in [0.2, 0.25) is 0 Å². The third-order valence-electron chi connectivity index (χ3n) is 3.78. The molecule has 0 heterocycles. The fourth-order valence-electron chi connectivity index (χ4n) is 2.80. The number of rotatable bonds is 5. The second kappa shape index (κ2) is 6.46. The average molecular weight is 249 g/mol. The maximum Gasteiger partial charge on any atom is 0.00926 e. The first kappa shape index (κ1) is 13.0. The van der Waals surface area contributed by atoms with Crippen molar-refractivity contribution in [2.24, 2.45) is 5.92 Å². The molecule has 1 aliphatic carbocycles. The van der Waals surface area contributed by atoms with Gasteiger partial charge >= 0.3 is 0 Å². The number of benzene rings is 1. The Morgan fingerprint density at radius 1 is 1.35 bits per heavy atom. The van der Waals surface area contributed by atoms with Gasteiger partial charge in [0.25, 0.3) is 0 Å². The lowest BCUT2D eigenvalue weighted by molar-refractivity contribution is 0.417. The lowest BCUT2D eigenvalue weighted by Crippen LogP contribution is -2.29. The van der Waals surface area contributed by atoms with E-state index in [0.29, 0.717) is 0 Å². The van der Waals surface area contributed by atoms with Crippen LogP contribution in [0, 0.1) is 12.8 Å². The summed E-state index contributed by atoms with van der Waals surface area (Å²) in [4.78, 5) is 1.42. The molecule has 1 N–H and O–H groups in total. The zero-order chi connectivity index (χ0) is 12.1. The van der Waals surface area contributed by atoms with Crippen LogP contribution in [0.1, 0.15) is 31.2 Å². The van der Waals surface area contributed by atoms with E-state index in [4.69, 9.17) is 0 Å². The quantitative estimate of drug-likeness (QED) is 0.795. The molecule has 0 aliphatic heterocycles. The van der Waals surface area contributed by atoms with Crippen molar-refractivity contribution in [2.75, 3.05) is 12.8 Å². The molecule has 0 bridgehead atoms. The van der Waals surface area contributed by atoms with Gasteiger partial charge in [0.15, 0.2) is 0 Å². The second-order valence-corrected chi connectivity index (χ2v) is 6.21. The maximum atomic E-state index is 3.46. The lowest BCUT2D eigenvalue weighted by Gasteiger charge is -2.18. The molecular formula is C15H23NS. The first-order valence-electron chi connectivity index (χ1n) is 6.66. The van der Waals surface area contributed by atoms with Crippen molar-refractivity contribution in [2.45, 2.75) is 43.5 Å². The number of hydrogen-bond acceptors (Lipinski definition) is 2. The molecule has 1 aromatic carbocycles. The highest BCUT2D eigenvalue weighted by molar-refractivity contribution is 7.99. The predicted molar refractivity (Wildman–Crippen MR) is 76.7 cm³/mol. The highest BCUT2D eigenvalue weighted by atomic mass is 32.2. The van der Waals surface area contributed by atoms with Crippen LogP contribution in [0.5, 0.6) is 0 Å². The topological polar surface area (TPSA) is 12.0 Å². The van der Waals surface area contributed by atoms with E-state index in [9.17, 15) is 0 Å². The molecule has 2 unspecified atom stereocenters. The smallest absolute Gasteiger partial charge is 0.00926 e. The summed E-state index contributed by atoms with van der Waals surface area (Å²) in [5, 5.41) is 3.46. The molecule has 1 aliphatic rings. The molecule has 1 fully saturated rings. The van der Waals surface area contributed by atoms with Gasteiger partial charge in [0.1, 0.15) is 0 Å². The Labute approximate surface area is 109 Å². The van der Waals surface area contributed by atoms with Gasteiger partial charge in [-0.3, -0.25) is 0 Å². The number of hydrogen-bond donors (Lipinski definition) is 1. The fraction of sp³-hybridized carbons (Fsp3) is 0.600. The predicted octanol–water partition coefficient (Wildman–Crippen LogP) is 3.87. The minimum Gasteiger partial charge on any atom is -0.317 e. The van der Waals surface area contributed by atoms with Gasteiger partial charge in [-0.1, -0.05) is 24.1 Å². The number of aryl methyl sites for hydroxylation is 1. The van der Waals surface area contributed by atoms with Crippen molar-refractivity contribution in [3.8, 4) is 0 Å². The van der Waals surface area contributed by atoms with E-state index in [0.717, 1.165) is 12.0 Å². The van der Waals surface area contributed by atoms with Crippen molar-refractivity contribution >= 4 is 11.8 Å². The van der Waals surface area contributed by atoms with Crippen LogP contribution in [0.2, 0.25) is 0 Å².